The summed E-state index contributed by atoms with van der Waals surface area (Å²) in [7, 11) is 0. The Bertz CT molecular complexity index is 476. The molecule has 0 amide bonds. The van der Waals surface area contributed by atoms with E-state index in [1.807, 2.05) is 36.7 Å². The van der Waals surface area contributed by atoms with E-state index in [0.29, 0.717) is 12.4 Å². The standard InChI is InChI=1S/C11H15N3O/c1-3-14-10-8(11(12)13-14)6-5-7-9(10)15-4-2/h5-7H,3-4H2,1-2H3,(H2,12,13). The van der Waals surface area contributed by atoms with Gasteiger partial charge in [0.2, 0.25) is 0 Å². The van der Waals surface area contributed by atoms with Gasteiger partial charge in [0.25, 0.3) is 0 Å². The first-order valence-corrected chi connectivity index (χ1v) is 5.15. The Hall–Kier alpha value is -1.71. The molecular formula is C11H15N3O. The number of rotatable bonds is 3. The molecule has 0 bridgehead atoms. The summed E-state index contributed by atoms with van der Waals surface area (Å²) in [5.74, 6) is 1.41. The zero-order chi connectivity index (χ0) is 10.8. The first kappa shape index (κ1) is 9.83. The Morgan fingerprint density at radius 3 is 2.87 bits per heavy atom. The molecule has 2 N–H and O–H groups in total. The monoisotopic (exact) mass is 205 g/mol. The quantitative estimate of drug-likeness (QED) is 0.834. The van der Waals surface area contributed by atoms with Crippen molar-refractivity contribution in [1.82, 2.24) is 9.78 Å². The first-order chi connectivity index (χ1) is 7.27. The zero-order valence-electron chi connectivity index (χ0n) is 9.03. The average molecular weight is 205 g/mol. The molecule has 0 aliphatic rings. The molecule has 2 aromatic rings. The van der Waals surface area contributed by atoms with Gasteiger partial charge in [-0.25, -0.2) is 0 Å². The molecule has 0 aliphatic heterocycles. The number of ether oxygens (including phenoxy) is 1. The normalized spacial score (nSPS) is 10.8. The topological polar surface area (TPSA) is 53.1 Å². The highest BCUT2D eigenvalue weighted by atomic mass is 16.5. The van der Waals surface area contributed by atoms with Gasteiger partial charge >= 0.3 is 0 Å². The van der Waals surface area contributed by atoms with Crippen LogP contribution < -0.4 is 10.5 Å². The number of anilines is 1. The van der Waals surface area contributed by atoms with Crippen LogP contribution in [0.1, 0.15) is 13.8 Å². The van der Waals surface area contributed by atoms with Crippen LogP contribution in [0.15, 0.2) is 18.2 Å². The number of hydrogen-bond acceptors (Lipinski definition) is 3. The molecule has 0 radical (unpaired) electrons. The Morgan fingerprint density at radius 2 is 2.20 bits per heavy atom. The van der Waals surface area contributed by atoms with Crippen molar-refractivity contribution < 1.29 is 4.74 Å². The molecule has 1 aromatic carbocycles. The Kier molecular flexibility index (Phi) is 2.49. The maximum atomic E-state index is 5.83. The van der Waals surface area contributed by atoms with Crippen molar-refractivity contribution in [3.8, 4) is 5.75 Å². The van der Waals surface area contributed by atoms with Crippen LogP contribution >= 0.6 is 0 Å². The third kappa shape index (κ3) is 1.52. The van der Waals surface area contributed by atoms with Crippen LogP contribution in [-0.4, -0.2) is 16.4 Å². The predicted molar refractivity (Wildman–Crippen MR) is 61.0 cm³/mol. The summed E-state index contributed by atoms with van der Waals surface area (Å²) in [5, 5.41) is 5.23. The molecule has 0 saturated heterocycles. The highest BCUT2D eigenvalue weighted by Gasteiger charge is 2.11. The Morgan fingerprint density at radius 1 is 1.40 bits per heavy atom. The van der Waals surface area contributed by atoms with Gasteiger partial charge in [-0.05, 0) is 26.0 Å². The fraction of sp³-hybridized carbons (Fsp3) is 0.364. The van der Waals surface area contributed by atoms with Gasteiger partial charge in [-0.1, -0.05) is 6.07 Å². The van der Waals surface area contributed by atoms with Crippen molar-refractivity contribution in [2.45, 2.75) is 20.4 Å². The lowest BCUT2D eigenvalue weighted by Gasteiger charge is -2.06. The number of nitrogens with zero attached hydrogens (tertiary/aromatic N) is 2. The van der Waals surface area contributed by atoms with Gasteiger partial charge in [-0.15, -0.1) is 0 Å². The van der Waals surface area contributed by atoms with E-state index >= 15 is 0 Å². The lowest BCUT2D eigenvalue weighted by molar-refractivity contribution is 0.342. The maximum absolute atomic E-state index is 5.83. The number of nitrogens with two attached hydrogens (primary N) is 1. The van der Waals surface area contributed by atoms with Crippen LogP contribution in [0.4, 0.5) is 5.82 Å². The van der Waals surface area contributed by atoms with E-state index < -0.39 is 0 Å². The molecule has 4 heteroatoms. The van der Waals surface area contributed by atoms with Gasteiger partial charge in [-0.2, -0.15) is 5.10 Å². The van der Waals surface area contributed by atoms with Crippen LogP contribution in [0, 0.1) is 0 Å². The van der Waals surface area contributed by atoms with E-state index in [2.05, 4.69) is 5.10 Å². The molecule has 0 unspecified atom stereocenters. The van der Waals surface area contributed by atoms with Crippen molar-refractivity contribution in [3.05, 3.63) is 18.2 Å². The zero-order valence-corrected chi connectivity index (χ0v) is 9.03. The van der Waals surface area contributed by atoms with Gasteiger partial charge in [0.05, 0.1) is 6.61 Å². The molecule has 0 fully saturated rings. The van der Waals surface area contributed by atoms with E-state index in [9.17, 15) is 0 Å². The SMILES string of the molecule is CCOc1cccc2c(N)nn(CC)c12. The van der Waals surface area contributed by atoms with Crippen molar-refractivity contribution in [1.29, 1.82) is 0 Å². The number of fused-ring (bicyclic) bond motifs is 1. The van der Waals surface area contributed by atoms with E-state index in [1.54, 1.807) is 0 Å². The van der Waals surface area contributed by atoms with Crippen molar-refractivity contribution in [2.75, 3.05) is 12.3 Å². The van der Waals surface area contributed by atoms with Gasteiger partial charge in [0.15, 0.2) is 5.82 Å². The predicted octanol–water partition coefficient (Wildman–Crippen LogP) is 2.04. The molecule has 2 rings (SSSR count). The van der Waals surface area contributed by atoms with E-state index in [1.165, 1.54) is 0 Å². The Labute approximate surface area is 88.6 Å². The first-order valence-electron chi connectivity index (χ1n) is 5.15. The van der Waals surface area contributed by atoms with Gasteiger partial charge < -0.3 is 10.5 Å². The molecule has 4 nitrogen and oxygen atoms in total. The lowest BCUT2D eigenvalue weighted by atomic mass is 10.2. The summed E-state index contributed by atoms with van der Waals surface area (Å²) in [6.07, 6.45) is 0. The van der Waals surface area contributed by atoms with Gasteiger partial charge in [-0.3, -0.25) is 4.68 Å². The fourth-order valence-electron chi connectivity index (χ4n) is 1.73. The fourth-order valence-corrected chi connectivity index (χ4v) is 1.73. The number of para-hydroxylation sites is 1. The summed E-state index contributed by atoms with van der Waals surface area (Å²) >= 11 is 0. The van der Waals surface area contributed by atoms with Crippen molar-refractivity contribution >= 4 is 16.7 Å². The number of hydrogen-bond donors (Lipinski definition) is 1. The third-order valence-electron chi connectivity index (χ3n) is 2.36. The maximum Gasteiger partial charge on any atom is 0.153 e. The highest BCUT2D eigenvalue weighted by Crippen LogP contribution is 2.29. The minimum absolute atomic E-state index is 0.563. The molecule has 0 atom stereocenters. The molecular weight excluding hydrogens is 190 g/mol. The second-order valence-electron chi connectivity index (χ2n) is 3.29. The van der Waals surface area contributed by atoms with Crippen LogP contribution in [0.2, 0.25) is 0 Å². The molecule has 0 saturated carbocycles. The highest BCUT2D eigenvalue weighted by molar-refractivity contribution is 5.93. The van der Waals surface area contributed by atoms with Gasteiger partial charge in [0.1, 0.15) is 11.3 Å². The van der Waals surface area contributed by atoms with Crippen molar-refractivity contribution in [3.63, 3.8) is 0 Å². The van der Waals surface area contributed by atoms with Crippen LogP contribution in [0.25, 0.3) is 10.9 Å². The molecule has 0 aliphatic carbocycles. The van der Waals surface area contributed by atoms with Crippen molar-refractivity contribution in [2.24, 2.45) is 0 Å². The summed E-state index contributed by atoms with van der Waals surface area (Å²) in [6, 6.07) is 5.84. The Balaban J connectivity index is 2.70. The minimum Gasteiger partial charge on any atom is -0.492 e. The average Bonchev–Trinajstić information content (AvgIpc) is 2.58. The summed E-state index contributed by atoms with van der Waals surface area (Å²) in [5.41, 5.74) is 6.82. The number of nitrogen functional groups attached to an aromatic ring is 1. The number of aryl methyl sites for hydroxylation is 1. The molecule has 1 heterocycles. The molecule has 15 heavy (non-hydrogen) atoms. The van der Waals surface area contributed by atoms with Crippen LogP contribution in [0.3, 0.4) is 0 Å². The van der Waals surface area contributed by atoms with E-state index in [4.69, 9.17) is 10.5 Å². The molecule has 80 valence electrons. The smallest absolute Gasteiger partial charge is 0.153 e. The van der Waals surface area contributed by atoms with E-state index in [0.717, 1.165) is 23.2 Å². The largest absolute Gasteiger partial charge is 0.492 e. The lowest BCUT2D eigenvalue weighted by Crippen LogP contribution is -1.99. The third-order valence-corrected chi connectivity index (χ3v) is 2.36. The summed E-state index contributed by atoms with van der Waals surface area (Å²) in [4.78, 5) is 0. The minimum atomic E-state index is 0.563. The molecule has 1 aromatic heterocycles. The van der Waals surface area contributed by atoms with E-state index in [-0.39, 0.29) is 0 Å². The molecule has 0 spiro atoms. The van der Waals surface area contributed by atoms with Crippen LogP contribution in [-0.2, 0) is 6.54 Å². The number of benzene rings is 1. The number of aromatic nitrogens is 2. The second-order valence-corrected chi connectivity index (χ2v) is 3.29. The van der Waals surface area contributed by atoms with Crippen LogP contribution in [0.5, 0.6) is 5.75 Å². The van der Waals surface area contributed by atoms with Gasteiger partial charge in [0, 0.05) is 11.9 Å². The second kappa shape index (κ2) is 3.81. The summed E-state index contributed by atoms with van der Waals surface area (Å²) < 4.78 is 7.43. The summed E-state index contributed by atoms with van der Waals surface area (Å²) in [6.45, 7) is 5.44.